The van der Waals surface area contributed by atoms with Crippen LogP contribution in [0.4, 0.5) is 10.1 Å². The van der Waals surface area contributed by atoms with E-state index in [1.54, 1.807) is 60.4 Å². The molecule has 2 aromatic heterocycles. The van der Waals surface area contributed by atoms with Gasteiger partial charge in [0.05, 0.1) is 11.9 Å². The second-order valence-electron chi connectivity index (χ2n) is 7.06. The summed E-state index contributed by atoms with van der Waals surface area (Å²) < 4.78 is 19.8. The lowest BCUT2D eigenvalue weighted by Gasteiger charge is -2.05. The number of aryl methyl sites for hydroxylation is 1. The third-order valence-corrected chi connectivity index (χ3v) is 4.79. The summed E-state index contributed by atoms with van der Waals surface area (Å²) in [6.45, 7) is 0. The number of carbonyl (C=O) groups is 1. The van der Waals surface area contributed by atoms with E-state index in [9.17, 15) is 19.1 Å². The number of rotatable bonds is 6. The molecule has 0 spiro atoms. The van der Waals surface area contributed by atoms with E-state index in [0.717, 1.165) is 22.4 Å². The highest BCUT2D eigenvalue weighted by Crippen LogP contribution is 2.24. The molecule has 2 heterocycles. The van der Waals surface area contributed by atoms with Gasteiger partial charge >= 0.3 is 5.76 Å². The summed E-state index contributed by atoms with van der Waals surface area (Å²) in [5, 5.41) is 16.6. The summed E-state index contributed by atoms with van der Waals surface area (Å²) in [6, 6.07) is 13.0. The van der Waals surface area contributed by atoms with Gasteiger partial charge in [0.25, 0.3) is 0 Å². The number of aromatic hydroxyl groups is 1. The normalized spacial score (nSPS) is 11.2. The Morgan fingerprint density at radius 2 is 1.94 bits per heavy atom. The number of carbonyl (C=O) groups excluding carboxylic acids is 1. The van der Waals surface area contributed by atoms with Crippen LogP contribution in [0.5, 0.6) is 5.88 Å². The maximum atomic E-state index is 13.2. The average molecular weight is 434 g/mol. The molecular formula is C23H19FN4O4. The van der Waals surface area contributed by atoms with E-state index in [2.05, 4.69) is 15.4 Å². The Hall–Kier alpha value is -4.40. The zero-order valence-electron chi connectivity index (χ0n) is 17.0. The van der Waals surface area contributed by atoms with E-state index in [4.69, 9.17) is 4.42 Å². The maximum absolute atomic E-state index is 13.2. The van der Waals surface area contributed by atoms with Crippen LogP contribution in [0.15, 0.2) is 70.0 Å². The Morgan fingerprint density at radius 1 is 1.22 bits per heavy atom. The van der Waals surface area contributed by atoms with Crippen molar-refractivity contribution in [2.75, 3.05) is 5.32 Å². The first-order valence-corrected chi connectivity index (χ1v) is 9.66. The van der Waals surface area contributed by atoms with E-state index in [1.165, 1.54) is 18.2 Å². The smallest absolute Gasteiger partial charge is 0.419 e. The summed E-state index contributed by atoms with van der Waals surface area (Å²) in [5.74, 6) is -1.53. The Morgan fingerprint density at radius 3 is 2.59 bits per heavy atom. The number of nitrogens with one attached hydrogen (secondary N) is 2. The van der Waals surface area contributed by atoms with Crippen LogP contribution in [0.2, 0.25) is 0 Å². The van der Waals surface area contributed by atoms with E-state index >= 15 is 0 Å². The molecule has 0 bridgehead atoms. The number of oxazole rings is 1. The Bertz CT molecular complexity index is 1330. The van der Waals surface area contributed by atoms with Crippen molar-refractivity contribution in [1.82, 2.24) is 14.8 Å². The summed E-state index contributed by atoms with van der Waals surface area (Å²) in [7, 11) is 1.77. The number of aromatic nitrogens is 3. The predicted octanol–water partition coefficient (Wildman–Crippen LogP) is 3.46. The van der Waals surface area contributed by atoms with Gasteiger partial charge < -0.3 is 14.8 Å². The lowest BCUT2D eigenvalue weighted by atomic mass is 10.1. The Kier molecular flexibility index (Phi) is 5.71. The van der Waals surface area contributed by atoms with Crippen LogP contribution in [-0.4, -0.2) is 25.8 Å². The van der Waals surface area contributed by atoms with Gasteiger partial charge in [-0.3, -0.25) is 14.5 Å². The molecular weight excluding hydrogens is 415 g/mol. The summed E-state index contributed by atoms with van der Waals surface area (Å²) in [5.41, 5.74) is 3.63. The Labute approximate surface area is 181 Å². The van der Waals surface area contributed by atoms with Crippen LogP contribution in [0.25, 0.3) is 17.3 Å². The molecule has 0 unspecified atom stereocenters. The highest BCUT2D eigenvalue weighted by Gasteiger charge is 2.11. The Balaban J connectivity index is 1.42. The van der Waals surface area contributed by atoms with E-state index < -0.39 is 5.76 Å². The largest absolute Gasteiger partial charge is 0.492 e. The number of benzene rings is 2. The van der Waals surface area contributed by atoms with Crippen molar-refractivity contribution >= 4 is 17.7 Å². The van der Waals surface area contributed by atoms with Gasteiger partial charge in [0.1, 0.15) is 5.82 Å². The van der Waals surface area contributed by atoms with Gasteiger partial charge in [-0.1, -0.05) is 12.1 Å². The SMILES string of the molecule is Cn1ncc(C=CC(=O)Nc2ccc(Cc3oc(=O)[nH]c3O)cc2)c1-c1ccc(F)cc1. The number of halogens is 1. The molecule has 4 rings (SSSR count). The zero-order valence-corrected chi connectivity index (χ0v) is 17.0. The molecule has 0 fully saturated rings. The number of aromatic amines is 1. The highest BCUT2D eigenvalue weighted by atomic mass is 19.1. The lowest BCUT2D eigenvalue weighted by molar-refractivity contribution is -0.111. The van der Waals surface area contributed by atoms with Crippen LogP contribution < -0.4 is 11.1 Å². The molecule has 1 amide bonds. The predicted molar refractivity (Wildman–Crippen MR) is 117 cm³/mol. The summed E-state index contributed by atoms with van der Waals surface area (Å²) in [4.78, 5) is 25.6. The van der Waals surface area contributed by atoms with Gasteiger partial charge in [-0.25, -0.2) is 9.18 Å². The van der Waals surface area contributed by atoms with E-state index in [-0.39, 0.29) is 29.8 Å². The molecule has 4 aromatic rings. The van der Waals surface area contributed by atoms with Crippen LogP contribution in [0.3, 0.4) is 0 Å². The van der Waals surface area contributed by atoms with Crippen molar-refractivity contribution in [1.29, 1.82) is 0 Å². The monoisotopic (exact) mass is 434 g/mol. The molecule has 162 valence electrons. The first kappa shape index (κ1) is 20.9. The van der Waals surface area contributed by atoms with Crippen LogP contribution in [0, 0.1) is 5.82 Å². The van der Waals surface area contributed by atoms with Gasteiger partial charge in [-0.05, 0) is 48.0 Å². The molecule has 0 radical (unpaired) electrons. The lowest BCUT2D eigenvalue weighted by Crippen LogP contribution is -2.07. The first-order valence-electron chi connectivity index (χ1n) is 9.66. The average Bonchev–Trinajstić information content (AvgIpc) is 3.29. The van der Waals surface area contributed by atoms with Gasteiger partial charge in [-0.2, -0.15) is 5.10 Å². The molecule has 0 aliphatic carbocycles. The van der Waals surface area contributed by atoms with Crippen molar-refractivity contribution < 1.29 is 18.7 Å². The summed E-state index contributed by atoms with van der Waals surface area (Å²) in [6.07, 6.45) is 4.90. The number of amides is 1. The van der Waals surface area contributed by atoms with Crippen molar-refractivity contribution in [3.8, 4) is 17.1 Å². The number of hydrogen-bond donors (Lipinski definition) is 3. The van der Waals surface area contributed by atoms with Gasteiger partial charge in [-0.15, -0.1) is 0 Å². The standard InChI is InChI=1S/C23H19FN4O4/c1-28-21(15-4-7-17(24)8-5-15)16(13-25-28)6-11-20(29)26-18-9-2-14(3-10-18)12-19-22(30)27-23(31)32-19/h2-11,13,30H,12H2,1H3,(H,26,29)(H,27,31). The number of H-pyrrole nitrogens is 1. The molecule has 0 saturated carbocycles. The molecule has 0 atom stereocenters. The maximum Gasteiger partial charge on any atom is 0.419 e. The fourth-order valence-electron chi connectivity index (χ4n) is 3.25. The number of nitrogens with zero attached hydrogens (tertiary/aromatic N) is 2. The first-order chi connectivity index (χ1) is 15.4. The minimum absolute atomic E-state index is 0.142. The van der Waals surface area contributed by atoms with Crippen molar-refractivity contribution in [3.63, 3.8) is 0 Å². The molecule has 0 aliphatic rings. The van der Waals surface area contributed by atoms with Crippen LogP contribution >= 0.6 is 0 Å². The minimum atomic E-state index is -0.718. The molecule has 32 heavy (non-hydrogen) atoms. The van der Waals surface area contributed by atoms with Gasteiger partial charge in [0.2, 0.25) is 11.8 Å². The third kappa shape index (κ3) is 4.67. The topological polar surface area (TPSA) is 113 Å². The third-order valence-electron chi connectivity index (χ3n) is 4.79. The number of hydrogen-bond acceptors (Lipinski definition) is 5. The molecule has 0 saturated heterocycles. The highest BCUT2D eigenvalue weighted by molar-refractivity contribution is 6.02. The fraction of sp³-hybridized carbons (Fsp3) is 0.0870. The van der Waals surface area contributed by atoms with Crippen molar-refractivity contribution in [3.05, 3.63) is 94.1 Å². The number of anilines is 1. The summed E-state index contributed by atoms with van der Waals surface area (Å²) >= 11 is 0. The van der Waals surface area contributed by atoms with E-state index in [1.807, 2.05) is 0 Å². The quantitative estimate of drug-likeness (QED) is 0.402. The van der Waals surface area contributed by atoms with Crippen LogP contribution in [-0.2, 0) is 18.3 Å². The molecule has 8 nitrogen and oxygen atoms in total. The minimum Gasteiger partial charge on any atom is -0.492 e. The fourth-order valence-corrected chi connectivity index (χ4v) is 3.25. The molecule has 3 N–H and O–H groups in total. The van der Waals surface area contributed by atoms with E-state index in [0.29, 0.717) is 5.69 Å². The van der Waals surface area contributed by atoms with Gasteiger partial charge in [0.15, 0.2) is 5.76 Å². The molecule has 0 aliphatic heterocycles. The van der Waals surface area contributed by atoms with Crippen molar-refractivity contribution in [2.45, 2.75) is 6.42 Å². The second kappa shape index (κ2) is 8.76. The van der Waals surface area contributed by atoms with Crippen molar-refractivity contribution in [2.24, 2.45) is 7.05 Å². The van der Waals surface area contributed by atoms with Gasteiger partial charge in [0, 0.05) is 36.4 Å². The molecule has 9 heteroatoms. The molecule has 2 aromatic carbocycles. The second-order valence-corrected chi connectivity index (χ2v) is 7.06. The zero-order chi connectivity index (χ0) is 22.7. The van der Waals surface area contributed by atoms with Crippen LogP contribution in [0.1, 0.15) is 16.9 Å².